The van der Waals surface area contributed by atoms with Gasteiger partial charge in [-0.1, -0.05) is 0 Å². The molecule has 1 unspecified atom stereocenters. The molecule has 1 aromatic heterocycles. The smallest absolute Gasteiger partial charge is 0.251 e. The van der Waals surface area contributed by atoms with E-state index in [0.717, 1.165) is 12.8 Å². The molecule has 1 aliphatic rings. The van der Waals surface area contributed by atoms with Crippen LogP contribution in [0.2, 0.25) is 0 Å². The van der Waals surface area contributed by atoms with E-state index in [1.54, 1.807) is 24.5 Å². The topological polar surface area (TPSA) is 62.2 Å². The summed E-state index contributed by atoms with van der Waals surface area (Å²) in [7, 11) is 0. The Morgan fingerprint density at radius 1 is 1.50 bits per heavy atom. The van der Waals surface area contributed by atoms with Crippen LogP contribution in [0, 0.1) is 5.92 Å². The van der Waals surface area contributed by atoms with Gasteiger partial charge in [-0.3, -0.25) is 9.78 Å². The van der Waals surface area contributed by atoms with Gasteiger partial charge in [0.1, 0.15) is 0 Å². The lowest BCUT2D eigenvalue weighted by Gasteiger charge is -2.16. The molecule has 86 valence electrons. The first-order chi connectivity index (χ1) is 7.81. The fraction of sp³-hybridized carbons (Fsp3) is 0.500. The van der Waals surface area contributed by atoms with Crippen molar-refractivity contribution in [2.45, 2.75) is 25.3 Å². The van der Waals surface area contributed by atoms with Gasteiger partial charge in [-0.05, 0) is 37.3 Å². The number of amides is 1. The van der Waals surface area contributed by atoms with E-state index in [2.05, 4.69) is 10.3 Å². The van der Waals surface area contributed by atoms with E-state index in [-0.39, 0.29) is 18.6 Å². The molecule has 0 aromatic carbocycles. The minimum atomic E-state index is -0.0762. The summed E-state index contributed by atoms with van der Waals surface area (Å²) >= 11 is 0. The maximum Gasteiger partial charge on any atom is 0.251 e. The molecule has 1 aromatic rings. The van der Waals surface area contributed by atoms with Crippen molar-refractivity contribution in [3.8, 4) is 0 Å². The van der Waals surface area contributed by atoms with E-state index in [1.165, 1.54) is 0 Å². The van der Waals surface area contributed by atoms with Crippen LogP contribution in [-0.4, -0.2) is 28.6 Å². The molecule has 1 aliphatic carbocycles. The van der Waals surface area contributed by atoms with Crippen LogP contribution in [0.5, 0.6) is 0 Å². The average Bonchev–Trinajstić information content (AvgIpc) is 3.13. The molecule has 0 aliphatic heterocycles. The van der Waals surface area contributed by atoms with E-state index in [9.17, 15) is 4.79 Å². The number of carbonyl (C=O) groups excluding carboxylic acids is 1. The summed E-state index contributed by atoms with van der Waals surface area (Å²) < 4.78 is 0. The fourth-order valence-electron chi connectivity index (χ4n) is 1.82. The largest absolute Gasteiger partial charge is 0.396 e. The van der Waals surface area contributed by atoms with E-state index in [0.29, 0.717) is 17.9 Å². The SMILES string of the molecule is O=C(NC(CCO)C1CC1)c1ccncc1. The van der Waals surface area contributed by atoms with Crippen molar-refractivity contribution in [2.24, 2.45) is 5.92 Å². The second kappa shape index (κ2) is 5.07. The Balaban J connectivity index is 1.95. The van der Waals surface area contributed by atoms with Crippen molar-refractivity contribution >= 4 is 5.91 Å². The summed E-state index contributed by atoms with van der Waals surface area (Å²) in [5.74, 6) is 0.477. The second-order valence-corrected chi connectivity index (χ2v) is 4.17. The zero-order valence-corrected chi connectivity index (χ0v) is 9.10. The third-order valence-corrected chi connectivity index (χ3v) is 2.89. The maximum atomic E-state index is 11.8. The summed E-state index contributed by atoms with van der Waals surface area (Å²) in [6, 6.07) is 3.50. The number of aromatic nitrogens is 1. The molecule has 1 heterocycles. The highest BCUT2D eigenvalue weighted by atomic mass is 16.3. The highest BCUT2D eigenvalue weighted by Crippen LogP contribution is 2.33. The molecular formula is C12H16N2O2. The van der Waals surface area contributed by atoms with Crippen LogP contribution < -0.4 is 5.32 Å². The van der Waals surface area contributed by atoms with Crippen LogP contribution in [0.25, 0.3) is 0 Å². The Bertz CT molecular complexity index is 349. The van der Waals surface area contributed by atoms with Crippen LogP contribution in [0.4, 0.5) is 0 Å². The summed E-state index contributed by atoms with van der Waals surface area (Å²) in [5, 5.41) is 11.9. The molecule has 0 radical (unpaired) electrons. The Hall–Kier alpha value is -1.42. The first-order valence-corrected chi connectivity index (χ1v) is 5.63. The molecule has 0 saturated heterocycles. The van der Waals surface area contributed by atoms with Crippen molar-refractivity contribution in [3.63, 3.8) is 0 Å². The Kier molecular flexibility index (Phi) is 3.51. The zero-order valence-electron chi connectivity index (χ0n) is 9.10. The van der Waals surface area contributed by atoms with Crippen molar-refractivity contribution < 1.29 is 9.90 Å². The molecule has 16 heavy (non-hydrogen) atoms. The summed E-state index contributed by atoms with van der Waals surface area (Å²) in [6.45, 7) is 0.123. The summed E-state index contributed by atoms with van der Waals surface area (Å²) in [5.41, 5.74) is 0.624. The molecular weight excluding hydrogens is 204 g/mol. The highest BCUT2D eigenvalue weighted by Gasteiger charge is 2.31. The van der Waals surface area contributed by atoms with Crippen LogP contribution >= 0.6 is 0 Å². The van der Waals surface area contributed by atoms with Crippen molar-refractivity contribution in [2.75, 3.05) is 6.61 Å². The predicted molar refractivity (Wildman–Crippen MR) is 59.9 cm³/mol. The van der Waals surface area contributed by atoms with E-state index in [1.807, 2.05) is 0 Å². The normalized spacial score (nSPS) is 16.8. The summed E-state index contributed by atoms with van der Waals surface area (Å²) in [6.07, 6.45) is 6.16. The quantitative estimate of drug-likeness (QED) is 0.777. The molecule has 0 bridgehead atoms. The van der Waals surface area contributed by atoms with Gasteiger partial charge in [0.2, 0.25) is 0 Å². The lowest BCUT2D eigenvalue weighted by Crippen LogP contribution is -2.37. The van der Waals surface area contributed by atoms with Gasteiger partial charge in [-0.15, -0.1) is 0 Å². The van der Waals surface area contributed by atoms with Crippen molar-refractivity contribution in [1.82, 2.24) is 10.3 Å². The van der Waals surface area contributed by atoms with Crippen molar-refractivity contribution in [3.05, 3.63) is 30.1 Å². The molecule has 1 fully saturated rings. The standard InChI is InChI=1S/C12H16N2O2/c15-8-5-11(9-1-2-9)14-12(16)10-3-6-13-7-4-10/h3-4,6-7,9,11,15H,1-2,5,8H2,(H,14,16). The second-order valence-electron chi connectivity index (χ2n) is 4.17. The van der Waals surface area contributed by atoms with Gasteiger partial charge in [-0.2, -0.15) is 0 Å². The number of pyridine rings is 1. The van der Waals surface area contributed by atoms with Gasteiger partial charge in [0, 0.05) is 30.6 Å². The predicted octanol–water partition coefficient (Wildman–Crippen LogP) is 0.972. The number of hydrogen-bond donors (Lipinski definition) is 2. The molecule has 0 spiro atoms. The van der Waals surface area contributed by atoms with Gasteiger partial charge >= 0.3 is 0 Å². The monoisotopic (exact) mass is 220 g/mol. The van der Waals surface area contributed by atoms with Gasteiger partial charge in [0.05, 0.1) is 0 Å². The molecule has 4 nitrogen and oxygen atoms in total. The number of carbonyl (C=O) groups is 1. The number of nitrogens with zero attached hydrogens (tertiary/aromatic N) is 1. The average molecular weight is 220 g/mol. The molecule has 4 heteroatoms. The van der Waals surface area contributed by atoms with Crippen molar-refractivity contribution in [1.29, 1.82) is 0 Å². The van der Waals surface area contributed by atoms with Gasteiger partial charge in [0.15, 0.2) is 0 Å². The summed E-state index contributed by atoms with van der Waals surface area (Å²) in [4.78, 5) is 15.7. The Labute approximate surface area is 94.7 Å². The van der Waals surface area contributed by atoms with Crippen LogP contribution in [-0.2, 0) is 0 Å². The van der Waals surface area contributed by atoms with E-state index >= 15 is 0 Å². The number of hydrogen-bond acceptors (Lipinski definition) is 3. The van der Waals surface area contributed by atoms with Crippen LogP contribution in [0.1, 0.15) is 29.6 Å². The molecule has 1 saturated carbocycles. The minimum absolute atomic E-state index is 0.0762. The van der Waals surface area contributed by atoms with Crippen LogP contribution in [0.3, 0.4) is 0 Å². The number of aliphatic hydroxyl groups excluding tert-OH is 1. The molecule has 2 rings (SSSR count). The van der Waals surface area contributed by atoms with Gasteiger partial charge in [-0.25, -0.2) is 0 Å². The molecule has 1 atom stereocenters. The highest BCUT2D eigenvalue weighted by molar-refractivity contribution is 5.94. The van der Waals surface area contributed by atoms with E-state index < -0.39 is 0 Å². The van der Waals surface area contributed by atoms with Crippen LogP contribution in [0.15, 0.2) is 24.5 Å². The van der Waals surface area contributed by atoms with Gasteiger partial charge < -0.3 is 10.4 Å². The lowest BCUT2D eigenvalue weighted by molar-refractivity contribution is 0.0924. The van der Waals surface area contributed by atoms with E-state index in [4.69, 9.17) is 5.11 Å². The Morgan fingerprint density at radius 2 is 2.19 bits per heavy atom. The number of nitrogens with one attached hydrogen (secondary N) is 1. The Morgan fingerprint density at radius 3 is 2.75 bits per heavy atom. The minimum Gasteiger partial charge on any atom is -0.396 e. The van der Waals surface area contributed by atoms with Gasteiger partial charge in [0.25, 0.3) is 5.91 Å². The first kappa shape index (κ1) is 11.1. The number of rotatable bonds is 5. The zero-order chi connectivity index (χ0) is 11.4. The lowest BCUT2D eigenvalue weighted by atomic mass is 10.1. The third kappa shape index (κ3) is 2.79. The fourth-order valence-corrected chi connectivity index (χ4v) is 1.82. The first-order valence-electron chi connectivity index (χ1n) is 5.63. The molecule has 2 N–H and O–H groups in total. The maximum absolute atomic E-state index is 11.8. The third-order valence-electron chi connectivity index (χ3n) is 2.89. The number of aliphatic hydroxyl groups is 1. The molecule has 1 amide bonds.